The number of hydrogen-bond acceptors (Lipinski definition) is 2. The molecule has 1 aromatic carbocycles. The second-order valence-electron chi connectivity index (χ2n) is 6.75. The van der Waals surface area contributed by atoms with E-state index in [9.17, 15) is 4.79 Å². The molecule has 1 saturated heterocycles. The van der Waals surface area contributed by atoms with Gasteiger partial charge < -0.3 is 4.90 Å². The van der Waals surface area contributed by atoms with Gasteiger partial charge in [-0.05, 0) is 37.7 Å². The van der Waals surface area contributed by atoms with Gasteiger partial charge in [0.25, 0.3) is 0 Å². The van der Waals surface area contributed by atoms with Gasteiger partial charge in [0, 0.05) is 6.54 Å². The van der Waals surface area contributed by atoms with Gasteiger partial charge in [0.15, 0.2) is 0 Å². The van der Waals surface area contributed by atoms with Gasteiger partial charge in [0.2, 0.25) is 5.91 Å². The number of nitrogens with one attached hydrogen (secondary N) is 1. The Labute approximate surface area is 127 Å². The van der Waals surface area contributed by atoms with Crippen molar-refractivity contribution < 1.29 is 4.79 Å². The normalized spacial score (nSPS) is 30.3. The predicted molar refractivity (Wildman–Crippen MR) is 84.7 cm³/mol. The van der Waals surface area contributed by atoms with Gasteiger partial charge in [-0.15, -0.1) is 0 Å². The van der Waals surface area contributed by atoms with Gasteiger partial charge in [-0.25, -0.2) is 0 Å². The Hall–Kier alpha value is -1.35. The van der Waals surface area contributed by atoms with Crippen LogP contribution in [0.1, 0.15) is 57.7 Å². The van der Waals surface area contributed by atoms with Crippen LogP contribution in [0.15, 0.2) is 30.3 Å². The molecule has 2 fully saturated rings. The van der Waals surface area contributed by atoms with Crippen molar-refractivity contribution in [2.45, 2.75) is 57.7 Å². The van der Waals surface area contributed by atoms with E-state index in [2.05, 4.69) is 41.4 Å². The number of amides is 1. The Kier molecular flexibility index (Phi) is 4.03. The molecular formula is C18H26N2O. The molecule has 1 saturated carbocycles. The molecule has 3 rings (SSSR count). The first-order chi connectivity index (χ1) is 10.1. The van der Waals surface area contributed by atoms with Crippen molar-refractivity contribution in [3.05, 3.63) is 35.9 Å². The van der Waals surface area contributed by atoms with Crippen molar-refractivity contribution in [2.24, 2.45) is 5.92 Å². The van der Waals surface area contributed by atoms with E-state index in [-0.39, 0.29) is 12.1 Å². The van der Waals surface area contributed by atoms with Crippen LogP contribution in [0.2, 0.25) is 0 Å². The van der Waals surface area contributed by atoms with Crippen molar-refractivity contribution >= 4 is 5.91 Å². The van der Waals surface area contributed by atoms with Crippen LogP contribution in [0.4, 0.5) is 0 Å². The number of benzene rings is 1. The lowest BCUT2D eigenvalue weighted by Gasteiger charge is -2.27. The molecule has 21 heavy (non-hydrogen) atoms. The minimum Gasteiger partial charge on any atom is -0.321 e. The zero-order valence-electron chi connectivity index (χ0n) is 13.1. The molecule has 0 spiro atoms. The second-order valence-corrected chi connectivity index (χ2v) is 6.75. The summed E-state index contributed by atoms with van der Waals surface area (Å²) in [7, 11) is 0. The smallest absolute Gasteiger partial charge is 0.244 e. The third-order valence-corrected chi connectivity index (χ3v) is 5.25. The number of nitrogens with zero attached hydrogens (tertiary/aromatic N) is 1. The highest BCUT2D eigenvalue weighted by Crippen LogP contribution is 2.35. The van der Waals surface area contributed by atoms with Gasteiger partial charge in [-0.1, -0.05) is 50.1 Å². The molecule has 1 aromatic rings. The van der Waals surface area contributed by atoms with Gasteiger partial charge in [-0.2, -0.15) is 0 Å². The first-order valence-corrected chi connectivity index (χ1v) is 8.28. The zero-order chi connectivity index (χ0) is 14.9. The van der Waals surface area contributed by atoms with Crippen molar-refractivity contribution in [1.29, 1.82) is 0 Å². The van der Waals surface area contributed by atoms with E-state index < -0.39 is 5.54 Å². The number of rotatable bonds is 4. The molecule has 2 unspecified atom stereocenters. The SMILES string of the molecule is CCC1(C)NC(c2ccccc2)N(CC2CCCC2)C1=O. The summed E-state index contributed by atoms with van der Waals surface area (Å²) < 4.78 is 0. The second kappa shape index (κ2) is 5.80. The molecule has 1 aliphatic heterocycles. The fourth-order valence-electron chi connectivity index (χ4n) is 3.69. The van der Waals surface area contributed by atoms with E-state index in [1.807, 2.05) is 13.0 Å². The summed E-state index contributed by atoms with van der Waals surface area (Å²) in [5.74, 6) is 0.951. The summed E-state index contributed by atoms with van der Waals surface area (Å²) >= 11 is 0. The lowest BCUT2D eigenvalue weighted by atomic mass is 9.99. The largest absolute Gasteiger partial charge is 0.321 e. The Morgan fingerprint density at radius 3 is 2.52 bits per heavy atom. The Bertz CT molecular complexity index is 495. The third-order valence-electron chi connectivity index (χ3n) is 5.25. The standard InChI is InChI=1S/C18H26N2O/c1-3-18(2)17(21)20(13-14-9-7-8-10-14)16(19-18)15-11-5-4-6-12-15/h4-6,11-12,14,16,19H,3,7-10,13H2,1-2H3. The quantitative estimate of drug-likeness (QED) is 0.919. The maximum atomic E-state index is 12.9. The molecule has 2 atom stereocenters. The van der Waals surface area contributed by atoms with Crippen LogP contribution in [-0.2, 0) is 4.79 Å². The minimum absolute atomic E-state index is 0.0317. The van der Waals surface area contributed by atoms with Gasteiger partial charge in [0.05, 0.1) is 5.54 Å². The Morgan fingerprint density at radius 2 is 1.90 bits per heavy atom. The summed E-state index contributed by atoms with van der Waals surface area (Å²) in [6, 6.07) is 10.4. The van der Waals surface area contributed by atoms with E-state index in [1.54, 1.807) is 0 Å². The van der Waals surface area contributed by atoms with E-state index in [0.717, 1.165) is 13.0 Å². The van der Waals surface area contributed by atoms with Crippen LogP contribution in [0, 0.1) is 5.92 Å². The lowest BCUT2D eigenvalue weighted by Crippen LogP contribution is -2.43. The molecule has 1 N–H and O–H groups in total. The van der Waals surface area contributed by atoms with Crippen molar-refractivity contribution in [3.8, 4) is 0 Å². The van der Waals surface area contributed by atoms with Crippen LogP contribution in [0.5, 0.6) is 0 Å². The summed E-state index contributed by atoms with van der Waals surface area (Å²) in [5, 5.41) is 3.58. The predicted octanol–water partition coefficient (Wildman–Crippen LogP) is 3.48. The lowest BCUT2D eigenvalue weighted by molar-refractivity contribution is -0.133. The van der Waals surface area contributed by atoms with Crippen LogP contribution < -0.4 is 5.32 Å². The minimum atomic E-state index is -0.418. The fourth-order valence-corrected chi connectivity index (χ4v) is 3.69. The molecule has 114 valence electrons. The number of carbonyl (C=O) groups is 1. The van der Waals surface area contributed by atoms with Gasteiger partial charge in [0.1, 0.15) is 6.17 Å². The molecule has 0 aromatic heterocycles. The van der Waals surface area contributed by atoms with Crippen molar-refractivity contribution in [2.75, 3.05) is 6.54 Å². The molecule has 3 heteroatoms. The number of hydrogen-bond donors (Lipinski definition) is 1. The highest BCUT2D eigenvalue weighted by molar-refractivity contribution is 5.88. The van der Waals surface area contributed by atoms with Crippen LogP contribution in [0.25, 0.3) is 0 Å². The summed E-state index contributed by atoms with van der Waals surface area (Å²) in [4.78, 5) is 15.0. The van der Waals surface area contributed by atoms with E-state index in [4.69, 9.17) is 0 Å². The van der Waals surface area contributed by atoms with Crippen molar-refractivity contribution in [3.63, 3.8) is 0 Å². The zero-order valence-corrected chi connectivity index (χ0v) is 13.1. The molecule has 1 amide bonds. The Morgan fingerprint density at radius 1 is 1.24 bits per heavy atom. The van der Waals surface area contributed by atoms with Crippen LogP contribution >= 0.6 is 0 Å². The van der Waals surface area contributed by atoms with Crippen molar-refractivity contribution in [1.82, 2.24) is 10.2 Å². The molecule has 1 aliphatic carbocycles. The highest BCUT2D eigenvalue weighted by Gasteiger charge is 2.47. The van der Waals surface area contributed by atoms with E-state index in [1.165, 1.54) is 31.2 Å². The monoisotopic (exact) mass is 286 g/mol. The van der Waals surface area contributed by atoms with E-state index >= 15 is 0 Å². The van der Waals surface area contributed by atoms with Crippen LogP contribution in [0.3, 0.4) is 0 Å². The van der Waals surface area contributed by atoms with E-state index in [0.29, 0.717) is 5.92 Å². The van der Waals surface area contributed by atoms with Gasteiger partial charge in [-0.3, -0.25) is 10.1 Å². The molecule has 3 nitrogen and oxygen atoms in total. The maximum Gasteiger partial charge on any atom is 0.244 e. The highest BCUT2D eigenvalue weighted by atomic mass is 16.2. The average molecular weight is 286 g/mol. The summed E-state index contributed by atoms with van der Waals surface area (Å²) in [6.07, 6.45) is 6.05. The first kappa shape index (κ1) is 14.6. The maximum absolute atomic E-state index is 12.9. The number of carbonyl (C=O) groups excluding carboxylic acids is 1. The molecule has 0 radical (unpaired) electrons. The molecule has 0 bridgehead atoms. The van der Waals surface area contributed by atoms with Gasteiger partial charge >= 0.3 is 0 Å². The molecular weight excluding hydrogens is 260 g/mol. The summed E-state index contributed by atoms with van der Waals surface area (Å²) in [5.41, 5.74) is 0.778. The third kappa shape index (κ3) is 2.71. The van der Waals surface area contributed by atoms with Crippen LogP contribution in [-0.4, -0.2) is 22.9 Å². The molecule has 2 aliphatic rings. The average Bonchev–Trinajstić information content (AvgIpc) is 3.11. The molecule has 1 heterocycles. The summed E-state index contributed by atoms with van der Waals surface area (Å²) in [6.45, 7) is 5.03. The Balaban J connectivity index is 1.86. The fraction of sp³-hybridized carbons (Fsp3) is 0.611. The topological polar surface area (TPSA) is 32.3 Å². The first-order valence-electron chi connectivity index (χ1n) is 8.28.